The highest BCUT2D eigenvalue weighted by atomic mass is 16.5. The number of aromatic nitrogens is 3. The van der Waals surface area contributed by atoms with Crippen LogP contribution < -0.4 is 9.58 Å². The van der Waals surface area contributed by atoms with Gasteiger partial charge < -0.3 is 9.94 Å². The molecule has 1 aromatic heterocycles. The molecule has 1 heterocycles. The summed E-state index contributed by atoms with van der Waals surface area (Å²) in [4.78, 5) is 13.4. The van der Waals surface area contributed by atoms with Gasteiger partial charge in [-0.15, -0.1) is 4.85 Å². The van der Waals surface area contributed by atoms with E-state index < -0.39 is 0 Å². The summed E-state index contributed by atoms with van der Waals surface area (Å²) >= 11 is 0. The highest BCUT2D eigenvalue weighted by Gasteiger charge is 2.22. The van der Waals surface area contributed by atoms with Gasteiger partial charge in [-0.1, -0.05) is 55.1 Å². The molecule has 0 spiro atoms. The Bertz CT molecular complexity index is 1170. The van der Waals surface area contributed by atoms with E-state index in [9.17, 15) is 10.0 Å². The molecule has 0 aliphatic rings. The first-order chi connectivity index (χ1) is 14.2. The van der Waals surface area contributed by atoms with Gasteiger partial charge in [0.2, 0.25) is 11.0 Å². The number of benzene rings is 3. The summed E-state index contributed by atoms with van der Waals surface area (Å²) in [5.41, 5.74) is 1.32. The normalized spacial score (nSPS) is 11.2. The summed E-state index contributed by atoms with van der Waals surface area (Å²) in [6, 6.07) is 18.2. The lowest BCUT2D eigenvalue weighted by molar-refractivity contribution is -0.645. The number of hydrogen-bond acceptors (Lipinski definition) is 4. The smallest absolute Gasteiger partial charge is 0.366 e. The zero-order valence-corrected chi connectivity index (χ0v) is 16.4. The van der Waals surface area contributed by atoms with Gasteiger partial charge in [0.15, 0.2) is 0 Å². The third kappa shape index (κ3) is 3.92. The van der Waals surface area contributed by atoms with E-state index in [0.717, 1.165) is 27.6 Å². The summed E-state index contributed by atoms with van der Waals surface area (Å²) in [5.74, 6) is 0.493. The Morgan fingerprint density at radius 3 is 2.69 bits per heavy atom. The summed E-state index contributed by atoms with van der Waals surface area (Å²) in [7, 11) is 0. The number of carbonyl (C=O) groups excluding carboxylic acids is 1. The van der Waals surface area contributed by atoms with Crippen molar-refractivity contribution < 1.29 is 14.4 Å². The van der Waals surface area contributed by atoms with Gasteiger partial charge in [0.25, 0.3) is 0 Å². The molecule has 6 nitrogen and oxygen atoms in total. The molecule has 29 heavy (non-hydrogen) atoms. The first-order valence-electron chi connectivity index (χ1n) is 9.96. The molecule has 0 amide bonds. The number of carbonyl (C=O) groups is 1. The van der Waals surface area contributed by atoms with Crippen LogP contribution in [0.25, 0.3) is 21.8 Å². The fraction of sp³-hybridized carbons (Fsp3) is 0.261. The van der Waals surface area contributed by atoms with Crippen LogP contribution in [0.1, 0.15) is 43.0 Å². The molecule has 0 N–H and O–H groups in total. The molecule has 0 atom stereocenters. The third-order valence-electron chi connectivity index (χ3n) is 5.00. The van der Waals surface area contributed by atoms with Crippen molar-refractivity contribution in [2.45, 2.75) is 32.6 Å². The predicted molar refractivity (Wildman–Crippen MR) is 112 cm³/mol. The van der Waals surface area contributed by atoms with Gasteiger partial charge in [0, 0.05) is 0 Å². The second-order valence-corrected chi connectivity index (χ2v) is 7.10. The lowest BCUT2D eigenvalue weighted by Crippen LogP contribution is -2.31. The van der Waals surface area contributed by atoms with E-state index in [0.29, 0.717) is 28.0 Å². The van der Waals surface area contributed by atoms with E-state index in [2.05, 4.69) is 12.1 Å². The quantitative estimate of drug-likeness (QED) is 0.266. The maximum absolute atomic E-state index is 12.9. The molecule has 0 saturated heterocycles. The highest BCUT2D eigenvalue weighted by Crippen LogP contribution is 2.23. The minimum atomic E-state index is -0.339. The molecule has 0 unspecified atom stereocenters. The van der Waals surface area contributed by atoms with Crippen LogP contribution >= 0.6 is 0 Å². The van der Waals surface area contributed by atoms with Crippen molar-refractivity contribution in [1.82, 2.24) is 9.90 Å². The summed E-state index contributed by atoms with van der Waals surface area (Å²) < 4.78 is 6.99. The van der Waals surface area contributed by atoms with Crippen LogP contribution in [-0.2, 0) is 0 Å². The summed E-state index contributed by atoms with van der Waals surface area (Å²) in [6.07, 6.45) is 4.67. The van der Waals surface area contributed by atoms with Crippen LogP contribution in [0.3, 0.4) is 0 Å². The number of rotatable bonds is 7. The average molecular weight is 389 g/mol. The number of nitrogens with zero attached hydrogens (tertiary/aromatic N) is 3. The summed E-state index contributed by atoms with van der Waals surface area (Å²) in [6.45, 7) is 2.90. The number of para-hydroxylation sites is 2. The average Bonchev–Trinajstić information content (AvgIpc) is 3.09. The van der Waals surface area contributed by atoms with E-state index in [1.54, 1.807) is 30.3 Å². The SMILES string of the molecule is CCCCCCOc1ccc2cc(C(=O)n3n[n+]([O-])c4ccccc43)ccc2c1. The lowest BCUT2D eigenvalue weighted by Gasteiger charge is -2.07. The zero-order chi connectivity index (χ0) is 20.2. The van der Waals surface area contributed by atoms with Gasteiger partial charge in [-0.3, -0.25) is 0 Å². The van der Waals surface area contributed by atoms with Gasteiger partial charge in [-0.2, -0.15) is 0 Å². The fourth-order valence-corrected chi connectivity index (χ4v) is 3.42. The first kappa shape index (κ1) is 18.9. The number of unbranched alkanes of at least 4 members (excludes halogenated alkanes) is 3. The number of hydrogen-bond donors (Lipinski definition) is 0. The number of fused-ring (bicyclic) bond motifs is 2. The number of ether oxygens (including phenoxy) is 1. The molecule has 0 radical (unpaired) electrons. The van der Waals surface area contributed by atoms with Gasteiger partial charge >= 0.3 is 5.91 Å². The monoisotopic (exact) mass is 389 g/mol. The minimum absolute atomic E-state index is 0.339. The van der Waals surface area contributed by atoms with Crippen molar-refractivity contribution in [3.05, 3.63) is 71.4 Å². The second-order valence-electron chi connectivity index (χ2n) is 7.10. The molecular formula is C23H23N3O3. The Hall–Kier alpha value is -3.41. The molecule has 148 valence electrons. The zero-order valence-electron chi connectivity index (χ0n) is 16.4. The lowest BCUT2D eigenvalue weighted by atomic mass is 10.1. The Morgan fingerprint density at radius 2 is 1.83 bits per heavy atom. The minimum Gasteiger partial charge on any atom is -0.691 e. The maximum atomic E-state index is 12.9. The van der Waals surface area contributed by atoms with Crippen molar-refractivity contribution in [3.63, 3.8) is 0 Å². The van der Waals surface area contributed by atoms with E-state index in [4.69, 9.17) is 4.74 Å². The van der Waals surface area contributed by atoms with E-state index in [1.807, 2.05) is 30.3 Å². The van der Waals surface area contributed by atoms with E-state index in [-0.39, 0.29) is 5.91 Å². The van der Waals surface area contributed by atoms with Crippen molar-refractivity contribution in [3.8, 4) is 5.75 Å². The van der Waals surface area contributed by atoms with Gasteiger partial charge in [0.1, 0.15) is 11.0 Å². The maximum Gasteiger partial charge on any atom is 0.366 e. The molecule has 4 aromatic rings. The topological polar surface area (TPSA) is 71.1 Å². The van der Waals surface area contributed by atoms with Crippen molar-refractivity contribution >= 4 is 27.7 Å². The Labute approximate surface area is 168 Å². The highest BCUT2D eigenvalue weighted by molar-refractivity contribution is 6.02. The van der Waals surface area contributed by atoms with Crippen LogP contribution in [0.2, 0.25) is 0 Å². The van der Waals surface area contributed by atoms with Gasteiger partial charge in [0.05, 0.1) is 12.2 Å². The molecule has 0 saturated carbocycles. The van der Waals surface area contributed by atoms with Gasteiger partial charge in [-0.25, -0.2) is 4.79 Å². The van der Waals surface area contributed by atoms with E-state index >= 15 is 0 Å². The second kappa shape index (κ2) is 8.31. The molecule has 0 fully saturated rings. The van der Waals surface area contributed by atoms with Crippen LogP contribution in [0.5, 0.6) is 5.75 Å². The van der Waals surface area contributed by atoms with Crippen molar-refractivity contribution in [1.29, 1.82) is 0 Å². The van der Waals surface area contributed by atoms with E-state index in [1.165, 1.54) is 19.3 Å². The molecule has 4 rings (SSSR count). The van der Waals surface area contributed by atoms with Crippen LogP contribution in [0, 0.1) is 5.21 Å². The van der Waals surface area contributed by atoms with Gasteiger partial charge in [-0.05, 0) is 53.6 Å². The van der Waals surface area contributed by atoms with Crippen LogP contribution in [0.15, 0.2) is 60.7 Å². The molecule has 3 aromatic carbocycles. The molecule has 0 aliphatic heterocycles. The molecule has 0 bridgehead atoms. The Balaban J connectivity index is 1.55. The predicted octanol–water partition coefficient (Wildman–Crippen LogP) is 4.47. The van der Waals surface area contributed by atoms with Crippen molar-refractivity contribution in [2.75, 3.05) is 6.61 Å². The molecule has 6 heteroatoms. The standard InChI is InChI=1S/C23H23N3O3/c1-2-3-4-7-14-29-20-13-12-17-15-19(11-10-18(17)16-20)23(27)25-21-8-5-6-9-22(21)26(28)24-25/h5-6,8-13,15-16H,2-4,7,14H2,1H3. The summed E-state index contributed by atoms with van der Waals surface area (Å²) in [5, 5.41) is 17.7. The molecule has 0 aliphatic carbocycles. The largest absolute Gasteiger partial charge is 0.691 e. The Morgan fingerprint density at radius 1 is 1.03 bits per heavy atom. The van der Waals surface area contributed by atoms with Crippen molar-refractivity contribution in [2.24, 2.45) is 0 Å². The first-order valence-corrected chi connectivity index (χ1v) is 9.96. The van der Waals surface area contributed by atoms with Crippen LogP contribution in [0.4, 0.5) is 0 Å². The Kier molecular flexibility index (Phi) is 5.42. The third-order valence-corrected chi connectivity index (χ3v) is 5.00. The molecular weight excluding hydrogens is 366 g/mol. The fourth-order valence-electron chi connectivity index (χ4n) is 3.42. The van der Waals surface area contributed by atoms with Crippen LogP contribution in [-0.4, -0.2) is 22.4 Å².